The van der Waals surface area contributed by atoms with Gasteiger partial charge in [0.25, 0.3) is 10.0 Å². The van der Waals surface area contributed by atoms with Crippen molar-refractivity contribution in [3.8, 4) is 0 Å². The second kappa shape index (κ2) is 6.10. The average Bonchev–Trinajstić information content (AvgIpc) is 3.18. The van der Waals surface area contributed by atoms with Gasteiger partial charge >= 0.3 is 0 Å². The number of nitrogens with zero attached hydrogens (tertiary/aromatic N) is 4. The minimum atomic E-state index is -3.71. The molecule has 0 atom stereocenters. The zero-order valence-corrected chi connectivity index (χ0v) is 16.0. The molecule has 1 aliphatic heterocycles. The van der Waals surface area contributed by atoms with Crippen molar-refractivity contribution < 1.29 is 8.42 Å². The molecule has 0 spiro atoms. The number of fused-ring (bicyclic) bond motifs is 1. The second-order valence-corrected chi connectivity index (χ2v) is 8.60. The van der Waals surface area contributed by atoms with Gasteiger partial charge in [-0.25, -0.2) is 12.4 Å². The molecule has 26 heavy (non-hydrogen) atoms. The molecular formula is C19H22N4O2S. The average molecular weight is 370 g/mol. The maximum Gasteiger partial charge on any atom is 0.271 e. The van der Waals surface area contributed by atoms with E-state index in [0.717, 1.165) is 30.5 Å². The summed E-state index contributed by atoms with van der Waals surface area (Å²) < 4.78 is 29.6. The summed E-state index contributed by atoms with van der Waals surface area (Å²) in [6, 6.07) is 7.68. The lowest BCUT2D eigenvalue weighted by atomic mass is 9.99. The topological polar surface area (TPSA) is 60.1 Å². The van der Waals surface area contributed by atoms with E-state index >= 15 is 0 Å². The molecule has 7 heteroatoms. The highest BCUT2D eigenvalue weighted by atomic mass is 32.2. The van der Waals surface area contributed by atoms with Crippen LogP contribution in [0.1, 0.15) is 17.7 Å². The number of aryl methyl sites for hydroxylation is 1. The van der Waals surface area contributed by atoms with Crippen LogP contribution < -0.4 is 0 Å². The lowest BCUT2D eigenvalue weighted by Gasteiger charge is -2.21. The van der Waals surface area contributed by atoms with Gasteiger partial charge in [0.2, 0.25) is 0 Å². The summed E-state index contributed by atoms with van der Waals surface area (Å²) in [6.07, 6.45) is 6.30. The Morgan fingerprint density at radius 2 is 1.92 bits per heavy atom. The van der Waals surface area contributed by atoms with Crippen molar-refractivity contribution in [2.75, 3.05) is 20.1 Å². The maximum atomic E-state index is 13.3. The molecule has 3 aromatic rings. The van der Waals surface area contributed by atoms with Gasteiger partial charge in [0.05, 0.1) is 17.4 Å². The Balaban J connectivity index is 1.93. The monoisotopic (exact) mass is 370 g/mol. The molecular weight excluding hydrogens is 348 g/mol. The summed E-state index contributed by atoms with van der Waals surface area (Å²) in [5.74, 6) is 0. The molecule has 0 aliphatic carbocycles. The SMILES string of the molecule is Cc1c(S(=O)(=O)n2cc(C3=CCN(C)CC3)c3ccccc32)cnn1C. The van der Waals surface area contributed by atoms with Crippen molar-refractivity contribution in [1.82, 2.24) is 18.7 Å². The molecule has 1 aromatic carbocycles. The van der Waals surface area contributed by atoms with Gasteiger partial charge in [-0.15, -0.1) is 0 Å². The van der Waals surface area contributed by atoms with Crippen LogP contribution in [0, 0.1) is 6.92 Å². The summed E-state index contributed by atoms with van der Waals surface area (Å²) in [6.45, 7) is 3.62. The van der Waals surface area contributed by atoms with E-state index in [1.807, 2.05) is 24.3 Å². The van der Waals surface area contributed by atoms with Crippen molar-refractivity contribution in [1.29, 1.82) is 0 Å². The first-order valence-corrected chi connectivity index (χ1v) is 10.1. The number of likely N-dealkylation sites (N-methyl/N-ethyl adjacent to an activating group) is 1. The Bertz CT molecular complexity index is 1120. The largest absolute Gasteiger partial charge is 0.302 e. The van der Waals surface area contributed by atoms with Crippen molar-refractivity contribution in [3.05, 3.63) is 54.0 Å². The summed E-state index contributed by atoms with van der Waals surface area (Å²) in [5.41, 5.74) is 3.53. The number of hydrogen-bond donors (Lipinski definition) is 0. The summed E-state index contributed by atoms with van der Waals surface area (Å²) in [4.78, 5) is 2.49. The standard InChI is InChI=1S/C19H22N4O2S/c1-14-19(12-20-22(14)3)26(24,25)23-13-17(15-8-10-21(2)11-9-15)16-6-4-5-7-18(16)23/h4-8,12-13H,9-11H2,1-3H3. The zero-order chi connectivity index (χ0) is 18.5. The highest BCUT2D eigenvalue weighted by Gasteiger charge is 2.26. The number of rotatable bonds is 3. The molecule has 0 fully saturated rings. The molecule has 0 N–H and O–H groups in total. The van der Waals surface area contributed by atoms with Crippen LogP contribution in [0.15, 0.2) is 47.6 Å². The predicted molar refractivity (Wildman–Crippen MR) is 103 cm³/mol. The second-order valence-electron chi connectivity index (χ2n) is 6.82. The molecule has 0 unspecified atom stereocenters. The van der Waals surface area contributed by atoms with Crippen molar-refractivity contribution >= 4 is 26.5 Å². The highest BCUT2D eigenvalue weighted by molar-refractivity contribution is 7.90. The summed E-state index contributed by atoms with van der Waals surface area (Å²) in [5, 5.41) is 5.07. The lowest BCUT2D eigenvalue weighted by Crippen LogP contribution is -2.23. The fourth-order valence-corrected chi connectivity index (χ4v) is 5.02. The van der Waals surface area contributed by atoms with E-state index in [4.69, 9.17) is 0 Å². The maximum absolute atomic E-state index is 13.3. The number of benzene rings is 1. The van der Waals surface area contributed by atoms with Gasteiger partial charge in [-0.3, -0.25) is 4.68 Å². The summed E-state index contributed by atoms with van der Waals surface area (Å²) >= 11 is 0. The number of aromatic nitrogens is 3. The van der Waals surface area contributed by atoms with E-state index in [9.17, 15) is 8.42 Å². The Morgan fingerprint density at radius 3 is 2.58 bits per heavy atom. The van der Waals surface area contributed by atoms with Gasteiger partial charge < -0.3 is 4.90 Å². The van der Waals surface area contributed by atoms with Crippen LogP contribution in [0.4, 0.5) is 0 Å². The van der Waals surface area contributed by atoms with Gasteiger partial charge in [0.15, 0.2) is 0 Å². The van der Waals surface area contributed by atoms with E-state index in [2.05, 4.69) is 23.1 Å². The normalized spacial score (nSPS) is 16.2. The van der Waals surface area contributed by atoms with Crippen molar-refractivity contribution in [3.63, 3.8) is 0 Å². The molecule has 4 rings (SSSR count). The van der Waals surface area contributed by atoms with Gasteiger partial charge in [-0.05, 0) is 32.0 Å². The minimum Gasteiger partial charge on any atom is -0.302 e. The summed E-state index contributed by atoms with van der Waals surface area (Å²) in [7, 11) is 0.128. The first-order valence-electron chi connectivity index (χ1n) is 8.62. The molecule has 2 aromatic heterocycles. The molecule has 0 bridgehead atoms. The minimum absolute atomic E-state index is 0.240. The molecule has 136 valence electrons. The van der Waals surface area contributed by atoms with Crippen LogP contribution in [0.25, 0.3) is 16.5 Å². The quantitative estimate of drug-likeness (QED) is 0.711. The van der Waals surface area contributed by atoms with Gasteiger partial charge in [0.1, 0.15) is 4.90 Å². The van der Waals surface area contributed by atoms with E-state index in [1.54, 1.807) is 24.9 Å². The van der Waals surface area contributed by atoms with Gasteiger partial charge in [-0.2, -0.15) is 5.10 Å². The fraction of sp³-hybridized carbons (Fsp3) is 0.316. The Morgan fingerprint density at radius 1 is 1.15 bits per heavy atom. The van der Waals surface area contributed by atoms with Crippen LogP contribution in [-0.4, -0.2) is 47.2 Å². The van der Waals surface area contributed by atoms with Crippen molar-refractivity contribution in [2.45, 2.75) is 18.2 Å². The van der Waals surface area contributed by atoms with Gasteiger partial charge in [-0.1, -0.05) is 24.3 Å². The zero-order valence-electron chi connectivity index (χ0n) is 15.2. The van der Waals surface area contributed by atoms with Gasteiger partial charge in [0, 0.05) is 37.3 Å². The van der Waals surface area contributed by atoms with Crippen LogP contribution in [-0.2, 0) is 17.1 Å². The number of para-hydroxylation sites is 1. The fourth-order valence-electron chi connectivity index (χ4n) is 3.46. The third-order valence-electron chi connectivity index (χ3n) is 5.16. The van der Waals surface area contributed by atoms with Crippen LogP contribution in [0.3, 0.4) is 0 Å². The van der Waals surface area contributed by atoms with E-state index < -0.39 is 10.0 Å². The Kier molecular flexibility index (Phi) is 4.00. The lowest BCUT2D eigenvalue weighted by molar-refractivity contribution is 0.370. The predicted octanol–water partition coefficient (Wildman–Crippen LogP) is 2.64. The van der Waals surface area contributed by atoms with Crippen LogP contribution in [0.2, 0.25) is 0 Å². The van der Waals surface area contributed by atoms with Crippen LogP contribution in [0.5, 0.6) is 0 Å². The Labute approximate surface area is 153 Å². The molecule has 6 nitrogen and oxygen atoms in total. The molecule has 0 amide bonds. The first-order chi connectivity index (χ1) is 12.4. The third kappa shape index (κ3) is 2.59. The smallest absolute Gasteiger partial charge is 0.271 e. The molecule has 0 saturated heterocycles. The molecule has 1 aliphatic rings. The Hall–Kier alpha value is -2.38. The molecule has 3 heterocycles. The van der Waals surface area contributed by atoms with Crippen LogP contribution >= 0.6 is 0 Å². The van der Waals surface area contributed by atoms with E-state index in [0.29, 0.717) is 11.2 Å². The van der Waals surface area contributed by atoms with E-state index in [-0.39, 0.29) is 4.90 Å². The highest BCUT2D eigenvalue weighted by Crippen LogP contribution is 2.33. The number of hydrogen-bond acceptors (Lipinski definition) is 4. The van der Waals surface area contributed by atoms with Crippen molar-refractivity contribution in [2.24, 2.45) is 7.05 Å². The molecule has 0 saturated carbocycles. The third-order valence-corrected chi connectivity index (χ3v) is 6.94. The first kappa shape index (κ1) is 17.1. The van der Waals surface area contributed by atoms with E-state index in [1.165, 1.54) is 15.7 Å². The molecule has 0 radical (unpaired) electrons.